The smallest absolute Gasteiger partial charge is 0.133 e. The summed E-state index contributed by atoms with van der Waals surface area (Å²) in [6.45, 7) is 3.04. The Bertz CT molecular complexity index is 553. The maximum atomic E-state index is 6.27. The minimum absolute atomic E-state index is 0.173. The predicted molar refractivity (Wildman–Crippen MR) is 79.2 cm³/mol. The van der Waals surface area contributed by atoms with Crippen molar-refractivity contribution >= 4 is 15.9 Å². The number of methoxy groups -OCH3 is 1. The molecule has 0 fully saturated rings. The molecule has 0 amide bonds. The van der Waals surface area contributed by atoms with Crippen LogP contribution in [0, 0.1) is 0 Å². The van der Waals surface area contributed by atoms with Crippen molar-refractivity contribution in [3.63, 3.8) is 0 Å². The highest BCUT2D eigenvalue weighted by Crippen LogP contribution is 2.29. The van der Waals surface area contributed by atoms with Crippen molar-refractivity contribution < 1.29 is 4.74 Å². The fourth-order valence-corrected chi connectivity index (χ4v) is 2.52. The number of hydrogen-bond donors (Lipinski definition) is 1. The van der Waals surface area contributed by atoms with Crippen LogP contribution in [0.5, 0.6) is 5.75 Å². The molecule has 1 aromatic carbocycles. The van der Waals surface area contributed by atoms with Crippen LogP contribution in [0.4, 0.5) is 0 Å². The second kappa shape index (κ2) is 6.21. The summed E-state index contributed by atoms with van der Waals surface area (Å²) < 4.78 is 8.05. The van der Waals surface area contributed by atoms with Crippen molar-refractivity contribution in [2.45, 2.75) is 25.9 Å². The minimum atomic E-state index is -0.173. The van der Waals surface area contributed by atoms with E-state index in [4.69, 9.17) is 10.5 Å². The Hall–Kier alpha value is -1.33. The molecular weight excluding hydrogens is 306 g/mol. The van der Waals surface area contributed by atoms with E-state index in [-0.39, 0.29) is 6.04 Å². The molecule has 2 N–H and O–H groups in total. The number of ether oxygens (including phenoxy) is 1. The van der Waals surface area contributed by atoms with Gasteiger partial charge in [-0.15, -0.1) is 0 Å². The highest BCUT2D eigenvalue weighted by molar-refractivity contribution is 9.10. The van der Waals surface area contributed by atoms with Gasteiger partial charge in [-0.3, -0.25) is 4.68 Å². The molecule has 1 heterocycles. The van der Waals surface area contributed by atoms with Crippen LogP contribution in [-0.2, 0) is 6.54 Å². The van der Waals surface area contributed by atoms with E-state index in [0.717, 1.165) is 34.3 Å². The first-order valence-corrected chi connectivity index (χ1v) is 7.06. The number of nitrogens with zero attached hydrogens (tertiary/aromatic N) is 2. The molecule has 2 aromatic rings. The van der Waals surface area contributed by atoms with Gasteiger partial charge < -0.3 is 10.5 Å². The fraction of sp³-hybridized carbons (Fsp3) is 0.357. The Morgan fingerprint density at radius 2 is 2.21 bits per heavy atom. The van der Waals surface area contributed by atoms with Crippen LogP contribution in [0.15, 0.2) is 35.1 Å². The van der Waals surface area contributed by atoms with Gasteiger partial charge >= 0.3 is 0 Å². The summed E-state index contributed by atoms with van der Waals surface area (Å²) in [6.07, 6.45) is 4.90. The maximum absolute atomic E-state index is 6.27. The fourth-order valence-electron chi connectivity index (χ4n) is 1.96. The van der Waals surface area contributed by atoms with Crippen molar-refractivity contribution in [1.82, 2.24) is 9.78 Å². The SMILES string of the molecule is CCCn1cc(C(N)c2ccc(OC)c(Br)c2)cn1. The molecule has 5 heteroatoms. The summed E-state index contributed by atoms with van der Waals surface area (Å²) in [5.41, 5.74) is 8.32. The summed E-state index contributed by atoms with van der Waals surface area (Å²) >= 11 is 3.48. The van der Waals surface area contributed by atoms with Crippen LogP contribution in [0.2, 0.25) is 0 Å². The monoisotopic (exact) mass is 323 g/mol. The van der Waals surface area contributed by atoms with Crippen molar-refractivity contribution in [2.75, 3.05) is 7.11 Å². The molecule has 0 radical (unpaired) electrons. The molecule has 0 aliphatic rings. The number of aryl methyl sites for hydroxylation is 1. The van der Waals surface area contributed by atoms with Gasteiger partial charge in [-0.05, 0) is 40.0 Å². The van der Waals surface area contributed by atoms with Crippen LogP contribution in [0.3, 0.4) is 0 Å². The molecule has 4 nitrogen and oxygen atoms in total. The molecule has 2 rings (SSSR count). The highest BCUT2D eigenvalue weighted by Gasteiger charge is 2.13. The van der Waals surface area contributed by atoms with Crippen LogP contribution in [0.1, 0.15) is 30.5 Å². The van der Waals surface area contributed by atoms with Crippen molar-refractivity contribution in [2.24, 2.45) is 5.73 Å². The number of nitrogens with two attached hydrogens (primary N) is 1. The van der Waals surface area contributed by atoms with Crippen molar-refractivity contribution in [1.29, 1.82) is 0 Å². The van der Waals surface area contributed by atoms with Crippen LogP contribution < -0.4 is 10.5 Å². The molecule has 1 aromatic heterocycles. The van der Waals surface area contributed by atoms with Gasteiger partial charge in [0.05, 0.1) is 23.8 Å². The van der Waals surface area contributed by atoms with Gasteiger partial charge in [-0.25, -0.2) is 0 Å². The summed E-state index contributed by atoms with van der Waals surface area (Å²) in [5, 5.41) is 4.31. The topological polar surface area (TPSA) is 53.1 Å². The molecule has 1 atom stereocenters. The van der Waals surface area contributed by atoms with E-state index < -0.39 is 0 Å². The van der Waals surface area contributed by atoms with E-state index in [2.05, 4.69) is 28.0 Å². The van der Waals surface area contributed by atoms with E-state index in [0.29, 0.717) is 0 Å². The molecule has 0 aliphatic carbocycles. The van der Waals surface area contributed by atoms with Gasteiger partial charge in [0.15, 0.2) is 0 Å². The molecular formula is C14H18BrN3O. The standard InChI is InChI=1S/C14H18BrN3O/c1-3-6-18-9-11(8-17-18)14(16)10-4-5-13(19-2)12(15)7-10/h4-5,7-9,14H,3,6,16H2,1-2H3. The van der Waals surface area contributed by atoms with Gasteiger partial charge in [-0.1, -0.05) is 13.0 Å². The predicted octanol–water partition coefficient (Wildman–Crippen LogP) is 3.11. The van der Waals surface area contributed by atoms with Crippen LogP contribution in [0.25, 0.3) is 0 Å². The highest BCUT2D eigenvalue weighted by atomic mass is 79.9. The summed E-state index contributed by atoms with van der Waals surface area (Å²) in [4.78, 5) is 0. The number of aromatic nitrogens is 2. The summed E-state index contributed by atoms with van der Waals surface area (Å²) in [5.74, 6) is 0.803. The van der Waals surface area contributed by atoms with Crippen molar-refractivity contribution in [3.8, 4) is 5.75 Å². The lowest BCUT2D eigenvalue weighted by Gasteiger charge is -2.12. The number of rotatable bonds is 5. The first kappa shape index (κ1) is 14.1. The normalized spacial score (nSPS) is 12.4. The lowest BCUT2D eigenvalue weighted by Crippen LogP contribution is -2.11. The Labute approximate surface area is 121 Å². The Kier molecular flexibility index (Phi) is 4.61. The third-order valence-corrected chi connectivity index (χ3v) is 3.62. The minimum Gasteiger partial charge on any atom is -0.496 e. The molecule has 0 saturated heterocycles. The van der Waals surface area contributed by atoms with Crippen LogP contribution >= 0.6 is 15.9 Å². The zero-order valence-electron chi connectivity index (χ0n) is 11.1. The van der Waals surface area contributed by atoms with E-state index in [1.54, 1.807) is 7.11 Å². The zero-order chi connectivity index (χ0) is 13.8. The number of benzene rings is 1. The molecule has 19 heavy (non-hydrogen) atoms. The lowest BCUT2D eigenvalue weighted by molar-refractivity contribution is 0.412. The molecule has 102 valence electrons. The zero-order valence-corrected chi connectivity index (χ0v) is 12.7. The van der Waals surface area contributed by atoms with Gasteiger partial charge in [-0.2, -0.15) is 5.10 Å². The van der Waals surface area contributed by atoms with Gasteiger partial charge in [0.1, 0.15) is 5.75 Å². The maximum Gasteiger partial charge on any atom is 0.133 e. The van der Waals surface area contributed by atoms with E-state index in [1.165, 1.54) is 0 Å². The molecule has 0 saturated carbocycles. The third-order valence-electron chi connectivity index (χ3n) is 3.00. The lowest BCUT2D eigenvalue weighted by atomic mass is 10.0. The van der Waals surface area contributed by atoms with E-state index in [9.17, 15) is 0 Å². The average Bonchev–Trinajstić information content (AvgIpc) is 2.87. The number of hydrogen-bond acceptors (Lipinski definition) is 3. The first-order chi connectivity index (χ1) is 9.15. The largest absolute Gasteiger partial charge is 0.496 e. The second-order valence-electron chi connectivity index (χ2n) is 4.41. The van der Waals surface area contributed by atoms with Gasteiger partial charge in [0.25, 0.3) is 0 Å². The van der Waals surface area contributed by atoms with Crippen LogP contribution in [-0.4, -0.2) is 16.9 Å². The molecule has 1 unspecified atom stereocenters. The van der Waals surface area contributed by atoms with E-state index in [1.807, 2.05) is 35.3 Å². The average molecular weight is 324 g/mol. The Morgan fingerprint density at radius 1 is 1.42 bits per heavy atom. The van der Waals surface area contributed by atoms with E-state index >= 15 is 0 Å². The molecule has 0 spiro atoms. The summed E-state index contributed by atoms with van der Waals surface area (Å²) in [7, 11) is 1.65. The quantitative estimate of drug-likeness (QED) is 0.919. The second-order valence-corrected chi connectivity index (χ2v) is 5.26. The Morgan fingerprint density at radius 3 is 2.84 bits per heavy atom. The Balaban J connectivity index is 2.22. The van der Waals surface area contributed by atoms with Gasteiger partial charge in [0, 0.05) is 18.3 Å². The number of halogens is 1. The molecule has 0 bridgehead atoms. The summed E-state index contributed by atoms with van der Waals surface area (Å²) in [6, 6.07) is 5.70. The molecule has 0 aliphatic heterocycles. The first-order valence-electron chi connectivity index (χ1n) is 6.27. The third kappa shape index (κ3) is 3.16. The van der Waals surface area contributed by atoms with Crippen molar-refractivity contribution in [3.05, 3.63) is 46.2 Å². The van der Waals surface area contributed by atoms with Gasteiger partial charge in [0.2, 0.25) is 0 Å².